The number of nitrogens with one attached hydrogen (secondary N) is 3. The minimum absolute atomic E-state index is 0.188. The summed E-state index contributed by atoms with van der Waals surface area (Å²) in [7, 11) is 0. The van der Waals surface area contributed by atoms with Gasteiger partial charge in [0.2, 0.25) is 5.91 Å². The molecule has 24 heavy (non-hydrogen) atoms. The number of aryl methyl sites for hydroxylation is 1. The summed E-state index contributed by atoms with van der Waals surface area (Å²) in [4.78, 5) is 35.0. The van der Waals surface area contributed by atoms with Crippen molar-refractivity contribution in [2.75, 3.05) is 5.32 Å². The van der Waals surface area contributed by atoms with Crippen LogP contribution in [0, 0.1) is 10.5 Å². The van der Waals surface area contributed by atoms with Crippen molar-refractivity contribution in [3.05, 3.63) is 62.7 Å². The lowest BCUT2D eigenvalue weighted by atomic mass is 10.1. The van der Waals surface area contributed by atoms with Gasteiger partial charge in [-0.05, 0) is 71.5 Å². The first kappa shape index (κ1) is 17.9. The molecule has 0 bridgehead atoms. The van der Waals surface area contributed by atoms with Crippen LogP contribution in [0.15, 0.2) is 42.5 Å². The number of carbonyl (C=O) groups is 3. The zero-order valence-electron chi connectivity index (χ0n) is 13.1. The minimum atomic E-state index is -0.445. The Kier molecular flexibility index (Phi) is 5.91. The largest absolute Gasteiger partial charge is 0.326 e. The fourth-order valence-corrected chi connectivity index (χ4v) is 2.42. The summed E-state index contributed by atoms with van der Waals surface area (Å²) in [6.07, 6.45) is 0. The fraction of sp³-hybridized carbons (Fsp3) is 0.118. The second-order valence-corrected chi connectivity index (χ2v) is 6.29. The van der Waals surface area contributed by atoms with Gasteiger partial charge >= 0.3 is 0 Å². The van der Waals surface area contributed by atoms with E-state index >= 15 is 0 Å². The SMILES string of the molecule is CC(=O)Nc1ccc(C(=O)NNC(=O)c2ccc(C)c(I)c2)cc1. The van der Waals surface area contributed by atoms with Crippen molar-refractivity contribution in [3.8, 4) is 0 Å². The number of hydrogen-bond acceptors (Lipinski definition) is 3. The summed E-state index contributed by atoms with van der Waals surface area (Å²) in [5.41, 5.74) is 7.24. The van der Waals surface area contributed by atoms with Gasteiger partial charge in [-0.1, -0.05) is 6.07 Å². The van der Waals surface area contributed by atoms with Gasteiger partial charge in [0.15, 0.2) is 0 Å². The van der Waals surface area contributed by atoms with Crippen molar-refractivity contribution in [1.82, 2.24) is 10.9 Å². The molecule has 6 nitrogen and oxygen atoms in total. The van der Waals surface area contributed by atoms with E-state index in [-0.39, 0.29) is 5.91 Å². The zero-order valence-corrected chi connectivity index (χ0v) is 15.3. The Hall–Kier alpha value is -2.42. The van der Waals surface area contributed by atoms with Crippen LogP contribution < -0.4 is 16.2 Å². The van der Waals surface area contributed by atoms with Crippen LogP contribution in [0.25, 0.3) is 0 Å². The fourth-order valence-electron chi connectivity index (χ4n) is 1.90. The number of anilines is 1. The Balaban J connectivity index is 1.95. The molecule has 0 fully saturated rings. The van der Waals surface area contributed by atoms with Gasteiger partial charge < -0.3 is 5.32 Å². The molecule has 2 rings (SSSR count). The third-order valence-corrected chi connectivity index (χ3v) is 4.35. The lowest BCUT2D eigenvalue weighted by Crippen LogP contribution is -2.41. The minimum Gasteiger partial charge on any atom is -0.326 e. The second-order valence-electron chi connectivity index (χ2n) is 5.13. The zero-order chi connectivity index (χ0) is 17.7. The molecule has 124 valence electrons. The molecule has 0 aromatic heterocycles. The lowest BCUT2D eigenvalue weighted by molar-refractivity contribution is -0.114. The highest BCUT2D eigenvalue weighted by Crippen LogP contribution is 2.13. The van der Waals surface area contributed by atoms with E-state index < -0.39 is 11.8 Å². The van der Waals surface area contributed by atoms with Gasteiger partial charge in [-0.15, -0.1) is 0 Å². The number of amides is 3. The van der Waals surface area contributed by atoms with Gasteiger partial charge in [-0.3, -0.25) is 25.2 Å². The lowest BCUT2D eigenvalue weighted by Gasteiger charge is -2.09. The maximum Gasteiger partial charge on any atom is 0.269 e. The Morgan fingerprint density at radius 1 is 0.875 bits per heavy atom. The molecule has 0 atom stereocenters. The van der Waals surface area contributed by atoms with Crippen LogP contribution >= 0.6 is 22.6 Å². The van der Waals surface area contributed by atoms with Gasteiger partial charge in [0.25, 0.3) is 11.8 Å². The Bertz CT molecular complexity index is 788. The molecule has 0 aliphatic rings. The summed E-state index contributed by atoms with van der Waals surface area (Å²) in [5, 5.41) is 2.61. The standard InChI is InChI=1S/C17H16IN3O3/c1-10-3-4-13(9-15(10)18)17(24)21-20-16(23)12-5-7-14(8-6-12)19-11(2)22/h3-9H,1-2H3,(H,19,22)(H,20,23)(H,21,24). The van der Waals surface area contributed by atoms with Crippen LogP contribution in [-0.4, -0.2) is 17.7 Å². The van der Waals surface area contributed by atoms with Crippen molar-refractivity contribution in [1.29, 1.82) is 0 Å². The summed E-state index contributed by atoms with van der Waals surface area (Å²) < 4.78 is 0.972. The van der Waals surface area contributed by atoms with E-state index in [0.717, 1.165) is 9.13 Å². The number of halogens is 1. The number of hydrogen-bond donors (Lipinski definition) is 3. The molecule has 3 N–H and O–H groups in total. The molecule has 0 unspecified atom stereocenters. The third kappa shape index (κ3) is 4.79. The molecule has 0 heterocycles. The van der Waals surface area contributed by atoms with E-state index in [1.54, 1.807) is 36.4 Å². The maximum absolute atomic E-state index is 12.0. The van der Waals surface area contributed by atoms with Crippen LogP contribution in [0.5, 0.6) is 0 Å². The van der Waals surface area contributed by atoms with Gasteiger partial charge in [0, 0.05) is 27.3 Å². The smallest absolute Gasteiger partial charge is 0.269 e. The molecule has 2 aromatic carbocycles. The molecular weight excluding hydrogens is 421 g/mol. The first-order valence-corrected chi connectivity index (χ1v) is 8.19. The van der Waals surface area contributed by atoms with Crippen LogP contribution in [0.4, 0.5) is 5.69 Å². The molecule has 7 heteroatoms. The van der Waals surface area contributed by atoms with Gasteiger partial charge in [-0.25, -0.2) is 0 Å². The predicted molar refractivity (Wildman–Crippen MR) is 99.6 cm³/mol. The highest BCUT2D eigenvalue weighted by atomic mass is 127. The summed E-state index contributed by atoms with van der Waals surface area (Å²) in [6.45, 7) is 3.36. The first-order chi connectivity index (χ1) is 11.4. The quantitative estimate of drug-likeness (QED) is 0.510. The first-order valence-electron chi connectivity index (χ1n) is 7.11. The average Bonchev–Trinajstić information content (AvgIpc) is 2.55. The molecule has 0 radical (unpaired) electrons. The Morgan fingerprint density at radius 2 is 1.42 bits per heavy atom. The number of carbonyl (C=O) groups excluding carboxylic acids is 3. The van der Waals surface area contributed by atoms with Crippen molar-refractivity contribution >= 4 is 46.0 Å². The summed E-state index contributed by atoms with van der Waals surface area (Å²) in [6, 6.07) is 11.6. The number of rotatable bonds is 3. The van der Waals surface area contributed by atoms with Gasteiger partial charge in [0.05, 0.1) is 0 Å². The highest BCUT2D eigenvalue weighted by Gasteiger charge is 2.10. The molecule has 2 aromatic rings. The molecule has 3 amide bonds. The van der Waals surface area contributed by atoms with Crippen LogP contribution in [0.1, 0.15) is 33.2 Å². The maximum atomic E-state index is 12.0. The molecular formula is C17H16IN3O3. The van der Waals surface area contributed by atoms with Gasteiger partial charge in [0.1, 0.15) is 0 Å². The topological polar surface area (TPSA) is 87.3 Å². The normalized spacial score (nSPS) is 9.96. The second kappa shape index (κ2) is 7.91. The number of hydrazine groups is 1. The molecule has 0 saturated heterocycles. The number of benzene rings is 2. The molecule has 0 aliphatic heterocycles. The van der Waals surface area contributed by atoms with Crippen LogP contribution in [0.3, 0.4) is 0 Å². The molecule has 0 aliphatic carbocycles. The predicted octanol–water partition coefficient (Wildman–Crippen LogP) is 2.63. The Labute approximate surface area is 153 Å². The van der Waals surface area contributed by atoms with Crippen LogP contribution in [-0.2, 0) is 4.79 Å². The summed E-state index contributed by atoms with van der Waals surface area (Å²) >= 11 is 2.15. The van der Waals surface area contributed by atoms with Crippen molar-refractivity contribution in [3.63, 3.8) is 0 Å². The average molecular weight is 437 g/mol. The monoisotopic (exact) mass is 437 g/mol. The van der Waals surface area contributed by atoms with Crippen molar-refractivity contribution in [2.24, 2.45) is 0 Å². The highest BCUT2D eigenvalue weighted by molar-refractivity contribution is 14.1. The van der Waals surface area contributed by atoms with Crippen LogP contribution in [0.2, 0.25) is 0 Å². The third-order valence-electron chi connectivity index (χ3n) is 3.19. The molecule has 0 spiro atoms. The van der Waals surface area contributed by atoms with E-state index in [4.69, 9.17) is 0 Å². The van der Waals surface area contributed by atoms with E-state index in [1.807, 2.05) is 13.0 Å². The van der Waals surface area contributed by atoms with Crippen molar-refractivity contribution in [2.45, 2.75) is 13.8 Å². The Morgan fingerprint density at radius 3 is 1.96 bits per heavy atom. The van der Waals surface area contributed by atoms with Crippen molar-refractivity contribution < 1.29 is 14.4 Å². The van der Waals surface area contributed by atoms with E-state index in [0.29, 0.717) is 16.8 Å². The molecule has 0 saturated carbocycles. The summed E-state index contributed by atoms with van der Waals surface area (Å²) in [5.74, 6) is -1.03. The van der Waals surface area contributed by atoms with E-state index in [2.05, 4.69) is 38.8 Å². The van der Waals surface area contributed by atoms with Gasteiger partial charge in [-0.2, -0.15) is 0 Å². The van der Waals surface area contributed by atoms with E-state index in [1.165, 1.54) is 6.92 Å². The van der Waals surface area contributed by atoms with E-state index in [9.17, 15) is 14.4 Å².